The Morgan fingerprint density at radius 3 is 2.57 bits per heavy atom. The van der Waals surface area contributed by atoms with Crippen molar-refractivity contribution in [2.24, 2.45) is 0 Å². The van der Waals surface area contributed by atoms with Gasteiger partial charge in [-0.1, -0.05) is 6.07 Å². The molecular formula is C25H29F2N5O3. The van der Waals surface area contributed by atoms with Crippen LogP contribution in [0.5, 0.6) is 0 Å². The van der Waals surface area contributed by atoms with E-state index >= 15 is 0 Å². The second-order valence-electron chi connectivity index (χ2n) is 9.77. The van der Waals surface area contributed by atoms with Gasteiger partial charge in [-0.2, -0.15) is 0 Å². The van der Waals surface area contributed by atoms with Crippen LogP contribution in [0.2, 0.25) is 0 Å². The lowest BCUT2D eigenvalue weighted by atomic mass is 9.71. The molecule has 0 saturated heterocycles. The lowest BCUT2D eigenvalue weighted by Crippen LogP contribution is -2.37. The van der Waals surface area contributed by atoms with Gasteiger partial charge in [0.2, 0.25) is 12.2 Å². The van der Waals surface area contributed by atoms with Gasteiger partial charge in [-0.05, 0) is 44.7 Å². The monoisotopic (exact) mass is 485 g/mol. The van der Waals surface area contributed by atoms with Gasteiger partial charge >= 0.3 is 0 Å². The van der Waals surface area contributed by atoms with E-state index in [0.29, 0.717) is 48.4 Å². The van der Waals surface area contributed by atoms with Gasteiger partial charge in [0.25, 0.3) is 5.56 Å². The van der Waals surface area contributed by atoms with Crippen LogP contribution >= 0.6 is 0 Å². The predicted molar refractivity (Wildman–Crippen MR) is 126 cm³/mol. The summed E-state index contributed by atoms with van der Waals surface area (Å²) in [5.41, 5.74) is 1.87. The number of anilines is 1. The molecule has 0 bridgehead atoms. The fourth-order valence-electron chi connectivity index (χ4n) is 5.49. The normalized spacial score (nSPS) is 20.1. The van der Waals surface area contributed by atoms with Crippen LogP contribution in [0.3, 0.4) is 0 Å². The molecule has 3 heterocycles. The molecule has 8 nitrogen and oxygen atoms in total. The van der Waals surface area contributed by atoms with Crippen LogP contribution in [0.1, 0.15) is 74.0 Å². The van der Waals surface area contributed by atoms with Crippen LogP contribution < -0.4 is 10.9 Å². The van der Waals surface area contributed by atoms with Crippen LogP contribution in [0.15, 0.2) is 29.3 Å². The van der Waals surface area contributed by atoms with Crippen molar-refractivity contribution in [2.45, 2.75) is 76.2 Å². The Balaban J connectivity index is 1.60. The van der Waals surface area contributed by atoms with Crippen molar-refractivity contribution in [3.63, 3.8) is 0 Å². The molecule has 2 aliphatic rings. The van der Waals surface area contributed by atoms with Gasteiger partial charge in [0.05, 0.1) is 16.9 Å². The van der Waals surface area contributed by atoms with Gasteiger partial charge in [0, 0.05) is 49.9 Å². The van der Waals surface area contributed by atoms with Crippen molar-refractivity contribution in [3.8, 4) is 0 Å². The highest BCUT2D eigenvalue weighted by Crippen LogP contribution is 2.49. The molecule has 186 valence electrons. The van der Waals surface area contributed by atoms with E-state index in [1.807, 2.05) is 26.0 Å². The number of nitrogens with zero attached hydrogens (tertiary/aromatic N) is 4. The van der Waals surface area contributed by atoms with Gasteiger partial charge in [-0.3, -0.25) is 14.3 Å². The summed E-state index contributed by atoms with van der Waals surface area (Å²) in [5, 5.41) is 13.9. The number of methoxy groups -OCH3 is 1. The molecule has 5 rings (SSSR count). The molecule has 0 radical (unpaired) electrons. The summed E-state index contributed by atoms with van der Waals surface area (Å²) in [6.07, 6.45) is 2.66. The largest absolute Gasteiger partial charge is 0.363 e. The number of aliphatic hydroxyl groups is 1. The molecular weight excluding hydrogens is 456 g/mol. The fourth-order valence-corrected chi connectivity index (χ4v) is 5.49. The van der Waals surface area contributed by atoms with Gasteiger partial charge in [0.15, 0.2) is 5.82 Å². The molecule has 2 N–H and O–H groups in total. The average Bonchev–Trinajstić information content (AvgIpc) is 3.19. The number of hydrogen-bond acceptors (Lipinski definition) is 7. The van der Waals surface area contributed by atoms with Gasteiger partial charge < -0.3 is 15.2 Å². The number of aryl methyl sites for hydroxylation is 1. The van der Waals surface area contributed by atoms with E-state index in [2.05, 4.69) is 15.3 Å². The highest BCUT2D eigenvalue weighted by atomic mass is 19.3. The maximum absolute atomic E-state index is 14.0. The Bertz CT molecular complexity index is 1330. The molecule has 0 amide bonds. The summed E-state index contributed by atoms with van der Waals surface area (Å²) < 4.78 is 34.6. The van der Waals surface area contributed by atoms with Crippen molar-refractivity contribution in [1.82, 2.24) is 19.5 Å². The zero-order valence-electron chi connectivity index (χ0n) is 20.0. The van der Waals surface area contributed by atoms with Crippen molar-refractivity contribution >= 4 is 16.7 Å². The van der Waals surface area contributed by atoms with E-state index in [-0.39, 0.29) is 30.1 Å². The third-order valence-electron chi connectivity index (χ3n) is 7.46. The summed E-state index contributed by atoms with van der Waals surface area (Å²) >= 11 is 0. The molecule has 35 heavy (non-hydrogen) atoms. The molecule has 1 aliphatic carbocycles. The summed E-state index contributed by atoms with van der Waals surface area (Å²) in [4.78, 5) is 27.0. The molecule has 2 atom stereocenters. The lowest BCUT2D eigenvalue weighted by Gasteiger charge is -2.36. The SMILES string of the molecule is COC(O)c1nccnc1N[C@H](C)c1cc(C)cc2c(=O)n3c(nc12)C1(CC3)CCC(F)(F)CC1. The van der Waals surface area contributed by atoms with Crippen molar-refractivity contribution < 1.29 is 18.6 Å². The lowest BCUT2D eigenvalue weighted by molar-refractivity contribution is -0.0795. The van der Waals surface area contributed by atoms with Gasteiger partial charge in [0.1, 0.15) is 11.5 Å². The minimum absolute atomic E-state index is 0.133. The smallest absolute Gasteiger partial charge is 0.261 e. The van der Waals surface area contributed by atoms with E-state index in [1.54, 1.807) is 4.57 Å². The third-order valence-corrected chi connectivity index (χ3v) is 7.46. The molecule has 1 aliphatic heterocycles. The average molecular weight is 486 g/mol. The molecule has 1 spiro atoms. The van der Waals surface area contributed by atoms with E-state index < -0.39 is 17.6 Å². The summed E-state index contributed by atoms with van der Waals surface area (Å²) in [7, 11) is 1.37. The number of rotatable bonds is 5. The first kappa shape index (κ1) is 23.7. The molecule has 1 aromatic carbocycles. The molecule has 10 heteroatoms. The number of aliphatic hydroxyl groups excluding tert-OH is 1. The van der Waals surface area contributed by atoms with Gasteiger partial charge in [-0.15, -0.1) is 0 Å². The summed E-state index contributed by atoms with van der Waals surface area (Å²) in [6, 6.07) is 3.44. The Morgan fingerprint density at radius 1 is 1.14 bits per heavy atom. The number of fused-ring (bicyclic) bond motifs is 3. The minimum Gasteiger partial charge on any atom is -0.363 e. The van der Waals surface area contributed by atoms with E-state index in [0.717, 1.165) is 11.1 Å². The molecule has 1 unspecified atom stereocenters. The zero-order valence-corrected chi connectivity index (χ0v) is 20.0. The van der Waals surface area contributed by atoms with Crippen LogP contribution in [-0.2, 0) is 16.7 Å². The topological polar surface area (TPSA) is 102 Å². The van der Waals surface area contributed by atoms with Crippen molar-refractivity contribution in [1.29, 1.82) is 0 Å². The standard InChI is InChI=1S/C25H29F2N5O3/c1-14-12-16(15(2)30-20-19(22(34)35-3)28-9-10-29-20)18-17(13-14)21(33)32-11-8-24(23(32)31-18)4-6-25(26,27)7-5-24/h9-10,12-13,15,22,34H,4-8,11H2,1-3H3,(H,29,30)/t15-,22?/m1/s1. The number of ether oxygens (including phenoxy) is 1. The predicted octanol–water partition coefficient (Wildman–Crippen LogP) is 4.16. The first-order chi connectivity index (χ1) is 16.6. The van der Waals surface area contributed by atoms with Crippen LogP contribution in [0.4, 0.5) is 14.6 Å². The molecule has 1 saturated carbocycles. The number of hydrogen-bond donors (Lipinski definition) is 2. The van der Waals surface area contributed by atoms with E-state index in [4.69, 9.17) is 9.72 Å². The number of alkyl halides is 2. The fraction of sp³-hybridized carbons (Fsp3) is 0.520. The highest BCUT2D eigenvalue weighted by molar-refractivity contribution is 5.83. The van der Waals surface area contributed by atoms with Gasteiger partial charge in [-0.25, -0.2) is 18.7 Å². The molecule has 3 aromatic rings. The Labute approximate surface area is 201 Å². The Morgan fingerprint density at radius 2 is 1.86 bits per heavy atom. The first-order valence-electron chi connectivity index (χ1n) is 11.9. The Hall–Kier alpha value is -2.98. The number of nitrogens with one attached hydrogen (secondary N) is 1. The summed E-state index contributed by atoms with van der Waals surface area (Å²) in [5.74, 6) is -1.68. The Kier molecular flexibility index (Phi) is 5.83. The van der Waals surface area contributed by atoms with E-state index in [9.17, 15) is 18.7 Å². The minimum atomic E-state index is -2.66. The number of benzene rings is 1. The highest BCUT2D eigenvalue weighted by Gasteiger charge is 2.49. The first-order valence-corrected chi connectivity index (χ1v) is 11.9. The second kappa shape index (κ2) is 8.60. The zero-order chi connectivity index (χ0) is 25.0. The summed E-state index contributed by atoms with van der Waals surface area (Å²) in [6.45, 7) is 4.33. The number of aromatic nitrogens is 4. The molecule has 1 fully saturated rings. The maximum Gasteiger partial charge on any atom is 0.261 e. The van der Waals surface area contributed by atoms with E-state index in [1.165, 1.54) is 19.5 Å². The van der Waals surface area contributed by atoms with Crippen LogP contribution in [-0.4, -0.2) is 37.7 Å². The maximum atomic E-state index is 14.0. The van der Waals surface area contributed by atoms with Crippen LogP contribution in [0, 0.1) is 6.92 Å². The quantitative estimate of drug-likeness (QED) is 0.523. The number of halogens is 2. The van der Waals surface area contributed by atoms with Crippen LogP contribution in [0.25, 0.3) is 10.9 Å². The van der Waals surface area contributed by atoms with Crippen molar-refractivity contribution in [2.75, 3.05) is 12.4 Å². The second-order valence-corrected chi connectivity index (χ2v) is 9.77. The third kappa shape index (κ3) is 4.08. The van der Waals surface area contributed by atoms with Crippen molar-refractivity contribution in [3.05, 3.63) is 57.5 Å². The molecule has 2 aromatic heterocycles.